The summed E-state index contributed by atoms with van der Waals surface area (Å²) in [6, 6.07) is 4.66. The summed E-state index contributed by atoms with van der Waals surface area (Å²) in [5.41, 5.74) is 7.24. The number of nitrogens with two attached hydrogens (primary N) is 1. The van der Waals surface area contributed by atoms with Crippen LogP contribution in [0.2, 0.25) is 0 Å². The number of rotatable bonds is 2. The highest BCUT2D eigenvalue weighted by Gasteiger charge is 2.13. The Morgan fingerprint density at radius 3 is 2.62 bits per heavy atom. The van der Waals surface area contributed by atoms with Crippen LogP contribution in [-0.4, -0.2) is 32.3 Å². The van der Waals surface area contributed by atoms with E-state index in [0.29, 0.717) is 18.9 Å². The third kappa shape index (κ3) is 2.09. The number of nitrogens with zero attached hydrogens (tertiary/aromatic N) is 1. The number of hydrogen-bond acceptors (Lipinski definition) is 5. The lowest BCUT2D eigenvalue weighted by molar-refractivity contribution is -0.255. The van der Waals surface area contributed by atoms with Crippen molar-refractivity contribution in [3.8, 4) is 0 Å². The molecule has 0 radical (unpaired) electrons. The van der Waals surface area contributed by atoms with E-state index in [1.807, 2.05) is 0 Å². The summed E-state index contributed by atoms with van der Waals surface area (Å²) in [4.78, 5) is 12.7. The van der Waals surface area contributed by atoms with E-state index < -0.39 is 5.97 Å². The molecule has 1 fully saturated rings. The molecule has 1 aromatic carbocycles. The highest BCUT2D eigenvalue weighted by atomic mass is 16.5. The van der Waals surface area contributed by atoms with Crippen molar-refractivity contribution in [1.82, 2.24) is 0 Å². The Hall–Kier alpha value is -1.75. The minimum absolute atomic E-state index is 0.106. The minimum Gasteiger partial charge on any atom is -0.545 e. The van der Waals surface area contributed by atoms with Gasteiger partial charge in [-0.25, -0.2) is 0 Å². The predicted octanol–water partition coefficient (Wildman–Crippen LogP) is -0.531. The van der Waals surface area contributed by atoms with Gasteiger partial charge in [0.1, 0.15) is 0 Å². The Bertz CT molecular complexity index is 400. The number of carboxylic acid groups (broad SMARTS) is 1. The molecule has 16 heavy (non-hydrogen) atoms. The molecule has 0 spiro atoms. The number of carbonyl (C=O) groups is 1. The molecule has 1 aromatic rings. The molecule has 0 bridgehead atoms. The summed E-state index contributed by atoms with van der Waals surface area (Å²) in [6.45, 7) is 2.88. The Morgan fingerprint density at radius 2 is 2.06 bits per heavy atom. The van der Waals surface area contributed by atoms with Gasteiger partial charge in [0, 0.05) is 13.1 Å². The van der Waals surface area contributed by atoms with Gasteiger partial charge in [-0.2, -0.15) is 0 Å². The molecule has 1 heterocycles. The van der Waals surface area contributed by atoms with Crippen molar-refractivity contribution in [2.75, 3.05) is 36.9 Å². The second-order valence-electron chi connectivity index (χ2n) is 3.66. The highest BCUT2D eigenvalue weighted by Crippen LogP contribution is 2.24. The zero-order valence-corrected chi connectivity index (χ0v) is 8.81. The molecular weight excluding hydrogens is 208 g/mol. The Balaban J connectivity index is 2.24. The fourth-order valence-electron chi connectivity index (χ4n) is 1.77. The van der Waals surface area contributed by atoms with Gasteiger partial charge in [-0.05, 0) is 17.7 Å². The second-order valence-corrected chi connectivity index (χ2v) is 3.66. The molecule has 0 aromatic heterocycles. The zero-order chi connectivity index (χ0) is 11.5. The van der Waals surface area contributed by atoms with E-state index in [4.69, 9.17) is 10.5 Å². The molecule has 1 saturated heterocycles. The van der Waals surface area contributed by atoms with Crippen LogP contribution in [-0.2, 0) is 4.74 Å². The number of ether oxygens (including phenoxy) is 1. The van der Waals surface area contributed by atoms with Gasteiger partial charge in [-0.15, -0.1) is 0 Å². The lowest BCUT2D eigenvalue weighted by atomic mass is 10.1. The first-order chi connectivity index (χ1) is 7.68. The number of aromatic carboxylic acids is 1. The zero-order valence-electron chi connectivity index (χ0n) is 8.81. The number of carboxylic acids is 1. The van der Waals surface area contributed by atoms with Gasteiger partial charge < -0.3 is 25.3 Å². The molecule has 5 nitrogen and oxygen atoms in total. The van der Waals surface area contributed by atoms with Crippen LogP contribution in [0, 0.1) is 0 Å². The van der Waals surface area contributed by atoms with Gasteiger partial charge in [0.25, 0.3) is 0 Å². The highest BCUT2D eigenvalue weighted by molar-refractivity contribution is 5.89. The molecule has 2 N–H and O–H groups in total. The number of benzene rings is 1. The maximum absolute atomic E-state index is 10.6. The SMILES string of the molecule is Nc1cc(C(=O)[O-])ccc1N1CCOCC1. The van der Waals surface area contributed by atoms with Crippen LogP contribution in [0.5, 0.6) is 0 Å². The fraction of sp³-hybridized carbons (Fsp3) is 0.364. The summed E-state index contributed by atoms with van der Waals surface area (Å²) in [7, 11) is 0. The molecule has 1 aliphatic heterocycles. The van der Waals surface area contributed by atoms with E-state index in [2.05, 4.69) is 4.90 Å². The normalized spacial score (nSPS) is 16.1. The minimum atomic E-state index is -1.21. The predicted molar refractivity (Wildman–Crippen MR) is 58.2 cm³/mol. The van der Waals surface area contributed by atoms with Crippen LogP contribution in [0.3, 0.4) is 0 Å². The largest absolute Gasteiger partial charge is 0.545 e. The lowest BCUT2D eigenvalue weighted by Gasteiger charge is -2.30. The molecule has 0 amide bonds. The van der Waals surface area contributed by atoms with Crippen molar-refractivity contribution in [2.24, 2.45) is 0 Å². The van der Waals surface area contributed by atoms with Crippen molar-refractivity contribution in [3.05, 3.63) is 23.8 Å². The van der Waals surface area contributed by atoms with Crippen LogP contribution in [0.25, 0.3) is 0 Å². The van der Waals surface area contributed by atoms with Crippen LogP contribution in [0.4, 0.5) is 11.4 Å². The maximum atomic E-state index is 10.6. The Labute approximate surface area is 93.4 Å². The summed E-state index contributed by atoms with van der Waals surface area (Å²) in [6.07, 6.45) is 0. The van der Waals surface area contributed by atoms with Gasteiger partial charge in [0.05, 0.1) is 30.6 Å². The first-order valence-electron chi connectivity index (χ1n) is 5.12. The van der Waals surface area contributed by atoms with Gasteiger partial charge in [-0.1, -0.05) is 6.07 Å². The molecule has 5 heteroatoms. The van der Waals surface area contributed by atoms with Crippen molar-refractivity contribution in [1.29, 1.82) is 0 Å². The number of nitrogen functional groups attached to an aromatic ring is 1. The van der Waals surface area contributed by atoms with Gasteiger partial charge in [-0.3, -0.25) is 0 Å². The molecule has 2 rings (SSSR count). The Kier molecular flexibility index (Phi) is 2.96. The van der Waals surface area contributed by atoms with E-state index in [9.17, 15) is 9.90 Å². The number of carbonyl (C=O) groups excluding carboxylic acids is 1. The van der Waals surface area contributed by atoms with Crippen molar-refractivity contribution < 1.29 is 14.6 Å². The first kappa shape index (κ1) is 10.8. The monoisotopic (exact) mass is 221 g/mol. The van der Waals surface area contributed by atoms with E-state index in [1.165, 1.54) is 12.1 Å². The van der Waals surface area contributed by atoms with Gasteiger partial charge in [0.15, 0.2) is 0 Å². The fourth-order valence-corrected chi connectivity index (χ4v) is 1.77. The van der Waals surface area contributed by atoms with E-state index in [0.717, 1.165) is 18.8 Å². The molecule has 0 unspecified atom stereocenters. The van der Waals surface area contributed by atoms with Crippen molar-refractivity contribution in [3.63, 3.8) is 0 Å². The first-order valence-corrected chi connectivity index (χ1v) is 5.12. The molecule has 1 aliphatic rings. The average molecular weight is 221 g/mol. The summed E-state index contributed by atoms with van der Waals surface area (Å²) >= 11 is 0. The number of anilines is 2. The van der Waals surface area contributed by atoms with Crippen LogP contribution in [0.1, 0.15) is 10.4 Å². The summed E-state index contributed by atoms with van der Waals surface area (Å²) in [5.74, 6) is -1.21. The molecule has 0 atom stereocenters. The third-order valence-corrected chi connectivity index (χ3v) is 2.62. The summed E-state index contributed by atoms with van der Waals surface area (Å²) in [5, 5.41) is 10.6. The maximum Gasteiger partial charge on any atom is 0.0716 e. The van der Waals surface area contributed by atoms with Crippen LogP contribution in [0.15, 0.2) is 18.2 Å². The Morgan fingerprint density at radius 1 is 1.38 bits per heavy atom. The van der Waals surface area contributed by atoms with E-state index in [-0.39, 0.29) is 5.56 Å². The van der Waals surface area contributed by atoms with Crippen molar-refractivity contribution in [2.45, 2.75) is 0 Å². The van der Waals surface area contributed by atoms with Gasteiger partial charge in [0.2, 0.25) is 0 Å². The number of hydrogen-bond donors (Lipinski definition) is 1. The van der Waals surface area contributed by atoms with Gasteiger partial charge >= 0.3 is 0 Å². The summed E-state index contributed by atoms with van der Waals surface area (Å²) < 4.78 is 5.24. The smallest absolute Gasteiger partial charge is 0.0716 e. The molecule has 0 saturated carbocycles. The topological polar surface area (TPSA) is 78.6 Å². The molecule has 86 valence electrons. The van der Waals surface area contributed by atoms with Crippen LogP contribution >= 0.6 is 0 Å². The average Bonchev–Trinajstić information content (AvgIpc) is 2.30. The third-order valence-electron chi connectivity index (χ3n) is 2.62. The molecule has 0 aliphatic carbocycles. The van der Waals surface area contributed by atoms with E-state index in [1.54, 1.807) is 6.07 Å². The standard InChI is InChI=1S/C11H14N2O3/c12-9-7-8(11(14)15)1-2-10(9)13-3-5-16-6-4-13/h1-2,7H,3-6,12H2,(H,14,15)/p-1. The van der Waals surface area contributed by atoms with E-state index >= 15 is 0 Å². The number of morpholine rings is 1. The second kappa shape index (κ2) is 4.40. The molecular formula is C11H13N2O3-. The lowest BCUT2D eigenvalue weighted by Crippen LogP contribution is -2.36. The quantitative estimate of drug-likeness (QED) is 0.679. The van der Waals surface area contributed by atoms with Crippen molar-refractivity contribution >= 4 is 17.3 Å². The van der Waals surface area contributed by atoms with Crippen LogP contribution < -0.4 is 15.7 Å².